The van der Waals surface area contributed by atoms with Crippen LogP contribution in [0.25, 0.3) is 0 Å². The van der Waals surface area contributed by atoms with Crippen molar-refractivity contribution in [2.75, 3.05) is 13.2 Å². The summed E-state index contributed by atoms with van der Waals surface area (Å²) >= 11 is 0. The van der Waals surface area contributed by atoms with E-state index in [4.69, 9.17) is 4.52 Å². The van der Waals surface area contributed by atoms with Crippen LogP contribution >= 0.6 is 8.03 Å². The van der Waals surface area contributed by atoms with Gasteiger partial charge < -0.3 is 9.26 Å². The molecule has 0 fully saturated rings. The Morgan fingerprint density at radius 2 is 2.21 bits per heavy atom. The number of carbonyl (C=O) groups excluding carboxylic acids is 1. The summed E-state index contributed by atoms with van der Waals surface area (Å²) < 4.78 is 21.0. The Morgan fingerprint density at radius 1 is 1.57 bits per heavy atom. The monoisotopic (exact) mass is 220 g/mol. The minimum Gasteiger partial charge on any atom is -0.460 e. The first-order chi connectivity index (χ1) is 6.61. The number of rotatable bonds is 7. The van der Waals surface area contributed by atoms with Crippen LogP contribution in [0.4, 0.5) is 0 Å². The lowest BCUT2D eigenvalue weighted by molar-refractivity contribution is -0.138. The molecular formula is C9H17O4P. The molecule has 0 aromatic heterocycles. The van der Waals surface area contributed by atoms with Crippen molar-refractivity contribution >= 4 is 14.0 Å². The second-order valence-electron chi connectivity index (χ2n) is 2.85. The third-order valence-electron chi connectivity index (χ3n) is 1.75. The summed E-state index contributed by atoms with van der Waals surface area (Å²) in [6, 6.07) is 0. The molecule has 5 heteroatoms. The highest BCUT2D eigenvalue weighted by molar-refractivity contribution is 7.40. The molecule has 0 radical (unpaired) electrons. The Kier molecular flexibility index (Phi) is 7.44. The Morgan fingerprint density at radius 3 is 2.71 bits per heavy atom. The number of carbonyl (C=O) groups is 1. The standard InChI is InChI=1S/C9H17O4P/c1-4-8(3)14(11)13-7-6-12-9(10)5-2/h5,8,14H,2,4,6-7H2,1,3H3. The van der Waals surface area contributed by atoms with Crippen LogP contribution in [0.1, 0.15) is 20.3 Å². The SMILES string of the molecule is C=CC(=O)OCCO[PH](=O)C(C)CC. The van der Waals surface area contributed by atoms with E-state index in [1.807, 2.05) is 13.8 Å². The maximum atomic E-state index is 11.3. The second-order valence-corrected chi connectivity index (χ2v) is 4.76. The molecule has 0 saturated carbocycles. The molecule has 2 unspecified atom stereocenters. The van der Waals surface area contributed by atoms with Gasteiger partial charge in [0.2, 0.25) is 0 Å². The van der Waals surface area contributed by atoms with Gasteiger partial charge in [-0.2, -0.15) is 0 Å². The van der Waals surface area contributed by atoms with Crippen molar-refractivity contribution in [3.05, 3.63) is 12.7 Å². The first-order valence-electron chi connectivity index (χ1n) is 4.57. The van der Waals surface area contributed by atoms with Crippen LogP contribution in [0.3, 0.4) is 0 Å². The van der Waals surface area contributed by atoms with E-state index in [9.17, 15) is 9.36 Å². The maximum Gasteiger partial charge on any atom is 0.330 e. The normalized spacial score (nSPS) is 14.4. The van der Waals surface area contributed by atoms with Crippen LogP contribution in [0.15, 0.2) is 12.7 Å². The molecule has 0 N–H and O–H groups in total. The van der Waals surface area contributed by atoms with Gasteiger partial charge in [-0.05, 0) is 6.42 Å². The molecule has 0 aliphatic heterocycles. The van der Waals surface area contributed by atoms with Crippen molar-refractivity contribution in [2.45, 2.75) is 25.9 Å². The van der Waals surface area contributed by atoms with Crippen molar-refractivity contribution < 1.29 is 18.6 Å². The average Bonchev–Trinajstić information content (AvgIpc) is 2.22. The molecule has 0 aromatic carbocycles. The molecule has 0 amide bonds. The smallest absolute Gasteiger partial charge is 0.330 e. The van der Waals surface area contributed by atoms with Gasteiger partial charge in [0.1, 0.15) is 6.61 Å². The molecule has 0 bridgehead atoms. The quantitative estimate of drug-likeness (QED) is 0.285. The van der Waals surface area contributed by atoms with E-state index < -0.39 is 14.0 Å². The third-order valence-corrected chi connectivity index (χ3v) is 3.46. The second kappa shape index (κ2) is 7.77. The summed E-state index contributed by atoms with van der Waals surface area (Å²) in [6.07, 6.45) is 1.90. The van der Waals surface area contributed by atoms with E-state index in [1.54, 1.807) is 0 Å². The molecule has 0 aliphatic carbocycles. The van der Waals surface area contributed by atoms with Crippen LogP contribution in [0, 0.1) is 0 Å². The first kappa shape index (κ1) is 13.4. The van der Waals surface area contributed by atoms with Gasteiger partial charge in [0, 0.05) is 11.7 Å². The fraction of sp³-hybridized carbons (Fsp3) is 0.667. The van der Waals surface area contributed by atoms with Crippen molar-refractivity contribution in [1.82, 2.24) is 0 Å². The molecule has 82 valence electrons. The predicted molar refractivity (Wildman–Crippen MR) is 55.9 cm³/mol. The van der Waals surface area contributed by atoms with E-state index in [0.29, 0.717) is 0 Å². The maximum absolute atomic E-state index is 11.3. The zero-order chi connectivity index (χ0) is 11.0. The van der Waals surface area contributed by atoms with Crippen molar-refractivity contribution in [2.24, 2.45) is 0 Å². The molecule has 0 rings (SSSR count). The fourth-order valence-corrected chi connectivity index (χ4v) is 1.55. The number of hydrogen-bond donors (Lipinski definition) is 0. The minimum absolute atomic E-state index is 0.0788. The highest BCUT2D eigenvalue weighted by atomic mass is 31.1. The van der Waals surface area contributed by atoms with Crippen LogP contribution < -0.4 is 0 Å². The molecule has 0 aliphatic rings. The highest BCUT2D eigenvalue weighted by Crippen LogP contribution is 2.30. The van der Waals surface area contributed by atoms with Crippen LogP contribution in [-0.4, -0.2) is 24.8 Å². The lowest BCUT2D eigenvalue weighted by atomic mass is 10.4. The van der Waals surface area contributed by atoms with Gasteiger partial charge >= 0.3 is 5.97 Å². The summed E-state index contributed by atoms with van der Waals surface area (Å²) in [6.45, 7) is 7.37. The summed E-state index contributed by atoms with van der Waals surface area (Å²) in [7, 11) is -1.99. The largest absolute Gasteiger partial charge is 0.460 e. The van der Waals surface area contributed by atoms with Gasteiger partial charge in [-0.3, -0.25) is 4.57 Å². The van der Waals surface area contributed by atoms with E-state index in [0.717, 1.165) is 12.5 Å². The number of hydrogen-bond acceptors (Lipinski definition) is 4. The molecule has 2 atom stereocenters. The Hall–Kier alpha value is -0.600. The Labute approximate surface area is 85.1 Å². The Bertz CT molecular complexity index is 215. The lowest BCUT2D eigenvalue weighted by Crippen LogP contribution is -2.07. The number of ether oxygens (including phenoxy) is 1. The van der Waals surface area contributed by atoms with Crippen LogP contribution in [0.2, 0.25) is 0 Å². The van der Waals surface area contributed by atoms with Crippen molar-refractivity contribution in [3.63, 3.8) is 0 Å². The molecular weight excluding hydrogens is 203 g/mol. The van der Waals surface area contributed by atoms with Crippen LogP contribution in [-0.2, 0) is 18.6 Å². The summed E-state index contributed by atoms with van der Waals surface area (Å²) in [5, 5.41) is 0. The van der Waals surface area contributed by atoms with Gasteiger partial charge in [-0.25, -0.2) is 4.79 Å². The summed E-state index contributed by atoms with van der Waals surface area (Å²) in [5.41, 5.74) is 0.0788. The molecule has 4 nitrogen and oxygen atoms in total. The van der Waals surface area contributed by atoms with Gasteiger partial charge in [-0.1, -0.05) is 20.4 Å². The van der Waals surface area contributed by atoms with Gasteiger partial charge in [0.05, 0.1) is 6.61 Å². The Balaban J connectivity index is 3.50. The van der Waals surface area contributed by atoms with Gasteiger partial charge in [0.15, 0.2) is 8.03 Å². The van der Waals surface area contributed by atoms with Crippen LogP contribution in [0.5, 0.6) is 0 Å². The first-order valence-corrected chi connectivity index (χ1v) is 5.97. The zero-order valence-corrected chi connectivity index (χ0v) is 9.62. The van der Waals surface area contributed by atoms with E-state index in [1.165, 1.54) is 0 Å². The summed E-state index contributed by atoms with van der Waals surface area (Å²) in [4.78, 5) is 10.6. The fourth-order valence-electron chi connectivity index (χ4n) is 0.652. The number of esters is 1. The van der Waals surface area contributed by atoms with E-state index >= 15 is 0 Å². The van der Waals surface area contributed by atoms with Gasteiger partial charge in [-0.15, -0.1) is 0 Å². The molecule has 0 saturated heterocycles. The third kappa shape index (κ3) is 5.95. The van der Waals surface area contributed by atoms with E-state index in [2.05, 4.69) is 11.3 Å². The average molecular weight is 220 g/mol. The van der Waals surface area contributed by atoms with Gasteiger partial charge in [0.25, 0.3) is 0 Å². The predicted octanol–water partition coefficient (Wildman–Crippen LogP) is 2.01. The molecule has 0 spiro atoms. The van der Waals surface area contributed by atoms with Crippen molar-refractivity contribution in [3.8, 4) is 0 Å². The minimum atomic E-state index is -1.99. The molecule has 0 aromatic rings. The lowest BCUT2D eigenvalue weighted by Gasteiger charge is -2.09. The summed E-state index contributed by atoms with van der Waals surface area (Å²) in [5.74, 6) is -0.489. The highest BCUT2D eigenvalue weighted by Gasteiger charge is 2.08. The topological polar surface area (TPSA) is 52.6 Å². The molecule has 14 heavy (non-hydrogen) atoms. The van der Waals surface area contributed by atoms with Crippen molar-refractivity contribution in [1.29, 1.82) is 0 Å². The zero-order valence-electron chi connectivity index (χ0n) is 8.62. The van der Waals surface area contributed by atoms with E-state index in [-0.39, 0.29) is 18.9 Å². The molecule has 0 heterocycles.